The zero-order valence-corrected chi connectivity index (χ0v) is 9.51. The molecule has 0 amide bonds. The molecule has 0 unspecified atom stereocenters. The highest BCUT2D eigenvalue weighted by Gasteiger charge is 2.05. The monoisotopic (exact) mass is 217 g/mol. The van der Waals surface area contributed by atoms with Gasteiger partial charge in [-0.1, -0.05) is 6.92 Å². The summed E-state index contributed by atoms with van der Waals surface area (Å²) in [6.45, 7) is 4.94. The van der Waals surface area contributed by atoms with Gasteiger partial charge in [-0.15, -0.1) is 0 Å². The molecule has 0 radical (unpaired) electrons. The third-order valence-electron chi connectivity index (χ3n) is 2.25. The Hall–Kier alpha value is -1.91. The van der Waals surface area contributed by atoms with E-state index in [1.54, 1.807) is 6.20 Å². The Kier molecular flexibility index (Phi) is 2.85. The van der Waals surface area contributed by atoms with Gasteiger partial charge in [0.2, 0.25) is 5.95 Å². The number of nitrogen functional groups attached to an aromatic ring is 1. The molecule has 2 aromatic heterocycles. The fraction of sp³-hybridized carbons (Fsp3) is 0.364. The Balaban J connectivity index is 2.34. The molecule has 2 heterocycles. The van der Waals surface area contributed by atoms with E-state index in [-0.39, 0.29) is 0 Å². The first kappa shape index (κ1) is 10.6. The summed E-state index contributed by atoms with van der Waals surface area (Å²) in [6, 6.07) is 1.91. The maximum atomic E-state index is 5.61. The van der Waals surface area contributed by atoms with Crippen LogP contribution in [0.1, 0.15) is 19.0 Å². The second-order valence-electron chi connectivity index (χ2n) is 3.74. The van der Waals surface area contributed by atoms with Gasteiger partial charge in [0.15, 0.2) is 0 Å². The quantitative estimate of drug-likeness (QED) is 0.848. The summed E-state index contributed by atoms with van der Waals surface area (Å²) < 4.78 is 1.91. The minimum absolute atomic E-state index is 0.304. The van der Waals surface area contributed by atoms with E-state index < -0.39 is 0 Å². The fourth-order valence-electron chi connectivity index (χ4n) is 1.59. The summed E-state index contributed by atoms with van der Waals surface area (Å²) in [6.07, 6.45) is 4.84. The highest BCUT2D eigenvalue weighted by molar-refractivity contribution is 5.58. The summed E-state index contributed by atoms with van der Waals surface area (Å²) in [5.41, 5.74) is 8.28. The molecule has 84 valence electrons. The first-order valence-electron chi connectivity index (χ1n) is 5.33. The van der Waals surface area contributed by atoms with E-state index in [2.05, 4.69) is 22.0 Å². The predicted octanol–water partition coefficient (Wildman–Crippen LogP) is 1.64. The molecule has 0 spiro atoms. The lowest BCUT2D eigenvalue weighted by molar-refractivity contribution is 0.603. The average Bonchev–Trinajstić information content (AvgIpc) is 2.65. The molecule has 2 aromatic rings. The lowest BCUT2D eigenvalue weighted by atomic mass is 10.2. The van der Waals surface area contributed by atoms with Gasteiger partial charge in [0.1, 0.15) is 0 Å². The Labute approximate surface area is 94.3 Å². The highest BCUT2D eigenvalue weighted by Crippen LogP contribution is 2.17. The van der Waals surface area contributed by atoms with Crippen molar-refractivity contribution in [3.05, 3.63) is 24.2 Å². The fourth-order valence-corrected chi connectivity index (χ4v) is 1.59. The van der Waals surface area contributed by atoms with Gasteiger partial charge >= 0.3 is 0 Å². The molecule has 0 atom stereocenters. The van der Waals surface area contributed by atoms with Crippen LogP contribution in [0.5, 0.6) is 0 Å². The maximum Gasteiger partial charge on any atom is 0.220 e. The summed E-state index contributed by atoms with van der Waals surface area (Å²) >= 11 is 0. The molecule has 0 bridgehead atoms. The van der Waals surface area contributed by atoms with Crippen molar-refractivity contribution in [1.29, 1.82) is 0 Å². The van der Waals surface area contributed by atoms with Gasteiger partial charge in [0, 0.05) is 24.0 Å². The maximum absolute atomic E-state index is 5.61. The number of rotatable bonds is 3. The van der Waals surface area contributed by atoms with Crippen LogP contribution in [-0.4, -0.2) is 19.7 Å². The van der Waals surface area contributed by atoms with Crippen LogP contribution in [0, 0.1) is 6.92 Å². The molecule has 2 rings (SSSR count). The van der Waals surface area contributed by atoms with Gasteiger partial charge in [-0.2, -0.15) is 5.10 Å². The largest absolute Gasteiger partial charge is 0.368 e. The third kappa shape index (κ3) is 2.18. The van der Waals surface area contributed by atoms with Crippen molar-refractivity contribution < 1.29 is 0 Å². The molecular weight excluding hydrogens is 202 g/mol. The van der Waals surface area contributed by atoms with Crippen molar-refractivity contribution in [1.82, 2.24) is 19.7 Å². The van der Waals surface area contributed by atoms with Crippen LogP contribution >= 0.6 is 0 Å². The van der Waals surface area contributed by atoms with Crippen LogP contribution in [0.25, 0.3) is 11.3 Å². The van der Waals surface area contributed by atoms with Crippen LogP contribution in [0.2, 0.25) is 0 Å². The zero-order chi connectivity index (χ0) is 11.5. The van der Waals surface area contributed by atoms with E-state index in [1.807, 2.05) is 23.9 Å². The smallest absolute Gasteiger partial charge is 0.220 e. The molecular formula is C11H15N5. The zero-order valence-electron chi connectivity index (χ0n) is 9.51. The number of anilines is 1. The molecule has 0 aliphatic carbocycles. The molecule has 16 heavy (non-hydrogen) atoms. The second kappa shape index (κ2) is 4.30. The van der Waals surface area contributed by atoms with Crippen LogP contribution in [0.4, 0.5) is 5.95 Å². The summed E-state index contributed by atoms with van der Waals surface area (Å²) in [5.74, 6) is 0.304. The summed E-state index contributed by atoms with van der Waals surface area (Å²) in [7, 11) is 0. The number of hydrogen-bond acceptors (Lipinski definition) is 4. The molecule has 0 saturated heterocycles. The Bertz CT molecular complexity index is 469. The number of nitrogens with two attached hydrogens (primary N) is 1. The van der Waals surface area contributed by atoms with Gasteiger partial charge in [0.05, 0.1) is 11.9 Å². The van der Waals surface area contributed by atoms with E-state index >= 15 is 0 Å². The Morgan fingerprint density at radius 3 is 2.88 bits per heavy atom. The van der Waals surface area contributed by atoms with Crippen molar-refractivity contribution in [3.8, 4) is 11.3 Å². The first-order chi connectivity index (χ1) is 7.69. The lowest BCUT2D eigenvalue weighted by Gasteiger charge is -2.00. The number of aryl methyl sites for hydroxylation is 2. The van der Waals surface area contributed by atoms with Crippen molar-refractivity contribution >= 4 is 5.95 Å². The second-order valence-corrected chi connectivity index (χ2v) is 3.74. The molecule has 5 nitrogen and oxygen atoms in total. The molecule has 5 heteroatoms. The van der Waals surface area contributed by atoms with Gasteiger partial charge in [-0.3, -0.25) is 4.68 Å². The summed E-state index contributed by atoms with van der Waals surface area (Å²) in [5, 5.41) is 4.26. The Morgan fingerprint density at radius 1 is 1.38 bits per heavy atom. The number of nitrogens with zero attached hydrogens (tertiary/aromatic N) is 4. The third-order valence-corrected chi connectivity index (χ3v) is 2.25. The van der Waals surface area contributed by atoms with Gasteiger partial charge in [-0.25, -0.2) is 9.97 Å². The summed E-state index contributed by atoms with van der Waals surface area (Å²) in [4.78, 5) is 8.23. The minimum atomic E-state index is 0.304. The van der Waals surface area contributed by atoms with Crippen LogP contribution < -0.4 is 5.73 Å². The predicted molar refractivity (Wildman–Crippen MR) is 62.7 cm³/mol. The lowest BCUT2D eigenvalue weighted by Crippen LogP contribution is -1.98. The molecule has 0 saturated carbocycles. The van der Waals surface area contributed by atoms with Crippen molar-refractivity contribution in [2.45, 2.75) is 26.8 Å². The van der Waals surface area contributed by atoms with Gasteiger partial charge in [0.25, 0.3) is 0 Å². The van der Waals surface area contributed by atoms with Gasteiger partial charge < -0.3 is 5.73 Å². The van der Waals surface area contributed by atoms with Crippen LogP contribution in [-0.2, 0) is 6.54 Å². The van der Waals surface area contributed by atoms with E-state index in [4.69, 9.17) is 5.73 Å². The first-order valence-corrected chi connectivity index (χ1v) is 5.33. The van der Waals surface area contributed by atoms with E-state index in [1.165, 1.54) is 0 Å². The molecule has 0 aromatic carbocycles. The van der Waals surface area contributed by atoms with Crippen LogP contribution in [0.3, 0.4) is 0 Å². The van der Waals surface area contributed by atoms with Crippen molar-refractivity contribution in [3.63, 3.8) is 0 Å². The topological polar surface area (TPSA) is 69.6 Å². The normalized spacial score (nSPS) is 10.6. The SMILES string of the molecule is CCCn1cc(-c2cc(C)nc(N)n2)cn1. The number of aromatic nitrogens is 4. The van der Waals surface area contributed by atoms with Gasteiger partial charge in [-0.05, 0) is 19.4 Å². The van der Waals surface area contributed by atoms with Crippen molar-refractivity contribution in [2.75, 3.05) is 5.73 Å². The molecule has 0 aliphatic heterocycles. The Morgan fingerprint density at radius 2 is 2.19 bits per heavy atom. The standard InChI is InChI=1S/C11H15N5/c1-3-4-16-7-9(6-13-16)10-5-8(2)14-11(12)15-10/h5-7H,3-4H2,1-2H3,(H2,12,14,15). The molecule has 0 fully saturated rings. The average molecular weight is 217 g/mol. The minimum Gasteiger partial charge on any atom is -0.368 e. The molecule has 2 N–H and O–H groups in total. The number of hydrogen-bond donors (Lipinski definition) is 1. The van der Waals surface area contributed by atoms with E-state index in [9.17, 15) is 0 Å². The highest BCUT2D eigenvalue weighted by atomic mass is 15.3. The van der Waals surface area contributed by atoms with E-state index in [0.717, 1.165) is 29.9 Å². The van der Waals surface area contributed by atoms with E-state index in [0.29, 0.717) is 5.95 Å². The van der Waals surface area contributed by atoms with Crippen molar-refractivity contribution in [2.24, 2.45) is 0 Å². The van der Waals surface area contributed by atoms with Crippen LogP contribution in [0.15, 0.2) is 18.5 Å². The molecule has 0 aliphatic rings.